The van der Waals surface area contributed by atoms with Crippen LogP contribution in [-0.4, -0.2) is 24.7 Å². The van der Waals surface area contributed by atoms with E-state index in [1.54, 1.807) is 0 Å². The zero-order valence-electron chi connectivity index (χ0n) is 10.5. The van der Waals surface area contributed by atoms with Crippen molar-refractivity contribution in [2.45, 2.75) is 45.0 Å². The van der Waals surface area contributed by atoms with E-state index in [4.69, 9.17) is 16.0 Å². The summed E-state index contributed by atoms with van der Waals surface area (Å²) in [6, 6.07) is 0. The Morgan fingerprint density at radius 3 is 1.93 bits per heavy atom. The number of rotatable bonds is 4. The van der Waals surface area contributed by atoms with Crippen molar-refractivity contribution >= 4 is 42.5 Å². The molecule has 0 spiro atoms. The van der Waals surface area contributed by atoms with Crippen LogP contribution in [0.3, 0.4) is 0 Å². The summed E-state index contributed by atoms with van der Waals surface area (Å²) in [5.74, 6) is 0.607. The Morgan fingerprint density at radius 1 is 1.33 bits per heavy atom. The van der Waals surface area contributed by atoms with Crippen molar-refractivity contribution in [3.05, 3.63) is 0 Å². The molecule has 1 nitrogen and oxygen atoms in total. The van der Waals surface area contributed by atoms with E-state index in [1.165, 1.54) is 0 Å². The first-order chi connectivity index (χ1) is 5.74. The molecule has 0 aliphatic rings. The van der Waals surface area contributed by atoms with E-state index in [1.807, 2.05) is 0 Å². The summed E-state index contributed by atoms with van der Waals surface area (Å²) in [7, 11) is -1.60. The van der Waals surface area contributed by atoms with Crippen LogP contribution in [-0.2, 0) is 4.43 Å². The molecular weight excluding hydrogens is 464 g/mol. The smallest absolute Gasteiger partial charge is 1.00 e. The van der Waals surface area contributed by atoms with Crippen molar-refractivity contribution in [1.29, 1.82) is 0 Å². The Bertz CT molecular complexity index is 161. The topological polar surface area (TPSA) is 9.23 Å². The van der Waals surface area contributed by atoms with Gasteiger partial charge in [-0.3, -0.25) is 0 Å². The zero-order valence-corrected chi connectivity index (χ0v) is 18.6. The molecule has 0 saturated carbocycles. The zero-order chi connectivity index (χ0) is 10.7. The molecule has 1 unspecified atom stereocenters. The van der Waals surface area contributed by atoms with E-state index in [0.29, 0.717) is 5.88 Å². The molecule has 0 aliphatic carbocycles. The molecular formula is C9H20ClI2NaOSi. The fraction of sp³-hybridized carbons (Fsp3) is 1.00. The SMILES string of the molecule is CC(C)(C)[Si](C)(C)OC(CCl)CI.[I-].[Na+]. The second-order valence-corrected chi connectivity index (χ2v) is 10.8. The fourth-order valence-corrected chi connectivity index (χ4v) is 3.53. The van der Waals surface area contributed by atoms with Crippen LogP contribution in [0.2, 0.25) is 18.1 Å². The Balaban J connectivity index is -0.000000720. The minimum atomic E-state index is -1.60. The first kappa shape index (κ1) is 23.1. The third-order valence-electron chi connectivity index (χ3n) is 2.61. The summed E-state index contributed by atoms with van der Waals surface area (Å²) in [4.78, 5) is 0. The summed E-state index contributed by atoms with van der Waals surface area (Å²) < 4.78 is 7.08. The van der Waals surface area contributed by atoms with Crippen molar-refractivity contribution < 1.29 is 58.0 Å². The van der Waals surface area contributed by atoms with Crippen LogP contribution < -0.4 is 53.5 Å². The van der Waals surface area contributed by atoms with Crippen molar-refractivity contribution in [2.24, 2.45) is 0 Å². The predicted octanol–water partition coefficient (Wildman–Crippen LogP) is -1.94. The van der Waals surface area contributed by atoms with E-state index in [9.17, 15) is 0 Å². The second-order valence-electron chi connectivity index (χ2n) is 4.81. The molecule has 0 aromatic carbocycles. The molecule has 0 saturated heterocycles. The average Bonchev–Trinajstić information content (AvgIpc) is 1.98. The second kappa shape index (κ2) is 9.80. The van der Waals surface area contributed by atoms with Crippen LogP contribution in [0.25, 0.3) is 0 Å². The van der Waals surface area contributed by atoms with E-state index >= 15 is 0 Å². The van der Waals surface area contributed by atoms with Crippen LogP contribution in [0, 0.1) is 0 Å². The van der Waals surface area contributed by atoms with Gasteiger partial charge in [0, 0.05) is 10.3 Å². The standard InChI is InChI=1S/C9H20ClIOSi.HI.Na/c1-9(2,3)13(4,5)12-8(6-10)7-11;;/h8H,6-7H2,1-5H3;1H;/q;;+1/p-1. The molecule has 6 heteroatoms. The van der Waals surface area contributed by atoms with Gasteiger partial charge in [-0.15, -0.1) is 11.6 Å². The Kier molecular flexibility index (Phi) is 15.1. The number of halogens is 3. The van der Waals surface area contributed by atoms with Gasteiger partial charge in [-0.25, -0.2) is 0 Å². The molecule has 1 atom stereocenters. The Labute approximate surface area is 153 Å². The van der Waals surface area contributed by atoms with E-state index in [-0.39, 0.29) is 64.7 Å². The molecule has 0 N–H and O–H groups in total. The largest absolute Gasteiger partial charge is 1.00 e. The minimum absolute atomic E-state index is 0. The summed E-state index contributed by atoms with van der Waals surface area (Å²) in [5.41, 5.74) is 0. The first-order valence-corrected chi connectivity index (χ1v) is 9.51. The molecule has 0 aliphatic heterocycles. The number of hydrogen-bond donors (Lipinski definition) is 0. The minimum Gasteiger partial charge on any atom is -1.00 e. The summed E-state index contributed by atoms with van der Waals surface area (Å²) >= 11 is 8.15. The van der Waals surface area contributed by atoms with Crippen LogP contribution in [0.1, 0.15) is 20.8 Å². The summed E-state index contributed by atoms with van der Waals surface area (Å²) in [5, 5.41) is 0.281. The monoisotopic (exact) mass is 484 g/mol. The molecule has 0 aromatic rings. The molecule has 15 heavy (non-hydrogen) atoms. The van der Waals surface area contributed by atoms with Gasteiger partial charge in [0.2, 0.25) is 0 Å². The molecule has 0 fully saturated rings. The van der Waals surface area contributed by atoms with Crippen LogP contribution in [0.5, 0.6) is 0 Å². The molecule has 88 valence electrons. The van der Waals surface area contributed by atoms with E-state index < -0.39 is 8.32 Å². The van der Waals surface area contributed by atoms with Crippen LogP contribution >= 0.6 is 34.2 Å². The van der Waals surface area contributed by atoms with Crippen molar-refractivity contribution in [3.63, 3.8) is 0 Å². The third kappa shape index (κ3) is 8.61. The molecule has 0 radical (unpaired) electrons. The summed E-state index contributed by atoms with van der Waals surface area (Å²) in [6.45, 7) is 11.3. The van der Waals surface area contributed by atoms with Crippen molar-refractivity contribution in [3.8, 4) is 0 Å². The maximum absolute atomic E-state index is 6.10. The average molecular weight is 485 g/mol. The fourth-order valence-electron chi connectivity index (χ4n) is 0.698. The third-order valence-corrected chi connectivity index (χ3v) is 8.47. The van der Waals surface area contributed by atoms with Crippen LogP contribution in [0.4, 0.5) is 0 Å². The van der Waals surface area contributed by atoms with Gasteiger partial charge in [-0.2, -0.15) is 0 Å². The Hall–Kier alpha value is 2.93. The quantitative estimate of drug-likeness (QED) is 0.256. The van der Waals surface area contributed by atoms with Gasteiger partial charge in [0.05, 0.1) is 6.10 Å². The molecule has 0 amide bonds. The van der Waals surface area contributed by atoms with Crippen LogP contribution in [0.15, 0.2) is 0 Å². The Morgan fingerprint density at radius 2 is 1.73 bits per heavy atom. The van der Waals surface area contributed by atoms with Gasteiger partial charge in [0.1, 0.15) is 0 Å². The van der Waals surface area contributed by atoms with Gasteiger partial charge >= 0.3 is 29.6 Å². The van der Waals surface area contributed by atoms with Crippen molar-refractivity contribution in [1.82, 2.24) is 0 Å². The van der Waals surface area contributed by atoms with Gasteiger partial charge < -0.3 is 28.4 Å². The maximum Gasteiger partial charge on any atom is 1.00 e. The number of hydrogen-bond acceptors (Lipinski definition) is 1. The predicted molar refractivity (Wildman–Crippen MR) is 71.7 cm³/mol. The van der Waals surface area contributed by atoms with E-state index in [0.717, 1.165) is 4.43 Å². The van der Waals surface area contributed by atoms with E-state index in [2.05, 4.69) is 56.5 Å². The van der Waals surface area contributed by atoms with Crippen molar-refractivity contribution in [2.75, 3.05) is 10.3 Å². The van der Waals surface area contributed by atoms with Gasteiger partial charge in [0.15, 0.2) is 8.32 Å². The first-order valence-electron chi connectivity index (χ1n) is 4.54. The normalized spacial score (nSPS) is 13.8. The molecule has 0 rings (SSSR count). The van der Waals surface area contributed by atoms with Gasteiger partial charge in [0.25, 0.3) is 0 Å². The molecule has 0 heterocycles. The number of alkyl halides is 2. The maximum atomic E-state index is 6.10. The molecule has 0 bridgehead atoms. The van der Waals surface area contributed by atoms with Gasteiger partial charge in [-0.05, 0) is 18.1 Å². The molecule has 0 aromatic heterocycles. The van der Waals surface area contributed by atoms with Gasteiger partial charge in [-0.1, -0.05) is 43.4 Å². The summed E-state index contributed by atoms with van der Waals surface area (Å²) in [6.07, 6.45) is 0.225.